The lowest BCUT2D eigenvalue weighted by atomic mass is 10.1. The van der Waals surface area contributed by atoms with Crippen LogP contribution < -0.4 is 4.74 Å². The summed E-state index contributed by atoms with van der Waals surface area (Å²) in [5, 5.41) is 0. The van der Waals surface area contributed by atoms with Crippen molar-refractivity contribution < 1.29 is 17.9 Å². The van der Waals surface area contributed by atoms with E-state index in [1.807, 2.05) is 0 Å². The predicted molar refractivity (Wildman–Crippen MR) is 106 cm³/mol. The van der Waals surface area contributed by atoms with E-state index in [9.17, 15) is 13.2 Å². The smallest absolute Gasteiger partial charge is 0.253 e. The maximum Gasteiger partial charge on any atom is 0.253 e. The molecule has 0 N–H and O–H groups in total. The Morgan fingerprint density at radius 3 is 2.48 bits per heavy atom. The Hall–Kier alpha value is -2.52. The standard InChI is InChI=1S/C20H24N4O4S/c25-20(23-11-3-4-17(15-23)28-19-14-21-9-10-22-19)16-5-7-18(8-6-16)29(26,27)24-12-1-2-13-24/h5-10,14,17H,1-4,11-13,15H2. The summed E-state index contributed by atoms with van der Waals surface area (Å²) in [6.07, 6.45) is 8.02. The molecule has 0 aliphatic carbocycles. The quantitative estimate of drug-likeness (QED) is 0.740. The van der Waals surface area contributed by atoms with Gasteiger partial charge in [0.25, 0.3) is 5.91 Å². The van der Waals surface area contributed by atoms with Gasteiger partial charge in [0.05, 0.1) is 17.6 Å². The third kappa shape index (κ3) is 4.40. The molecule has 2 aliphatic rings. The van der Waals surface area contributed by atoms with Gasteiger partial charge in [-0.3, -0.25) is 9.78 Å². The van der Waals surface area contributed by atoms with Crippen molar-refractivity contribution in [2.24, 2.45) is 0 Å². The van der Waals surface area contributed by atoms with E-state index < -0.39 is 10.0 Å². The minimum Gasteiger partial charge on any atom is -0.471 e. The van der Waals surface area contributed by atoms with E-state index in [1.54, 1.807) is 35.6 Å². The first-order chi connectivity index (χ1) is 14.0. The van der Waals surface area contributed by atoms with Gasteiger partial charge in [0.2, 0.25) is 15.9 Å². The summed E-state index contributed by atoms with van der Waals surface area (Å²) in [6.45, 7) is 2.23. The summed E-state index contributed by atoms with van der Waals surface area (Å²) in [4.78, 5) is 23.0. The number of carbonyl (C=O) groups excluding carboxylic acids is 1. The average Bonchev–Trinajstić information content (AvgIpc) is 3.30. The van der Waals surface area contributed by atoms with Crippen molar-refractivity contribution >= 4 is 15.9 Å². The lowest BCUT2D eigenvalue weighted by molar-refractivity contribution is 0.0527. The fourth-order valence-corrected chi connectivity index (χ4v) is 5.28. The molecule has 4 rings (SSSR count). The first kappa shape index (κ1) is 19.8. The lowest BCUT2D eigenvalue weighted by Crippen LogP contribution is -2.44. The molecule has 0 saturated carbocycles. The summed E-state index contributed by atoms with van der Waals surface area (Å²) in [5.41, 5.74) is 0.477. The van der Waals surface area contributed by atoms with Crippen molar-refractivity contribution in [1.82, 2.24) is 19.2 Å². The summed E-state index contributed by atoms with van der Waals surface area (Å²) in [5.74, 6) is 0.325. The van der Waals surface area contributed by atoms with Crippen molar-refractivity contribution in [3.05, 3.63) is 48.4 Å². The Morgan fingerprint density at radius 1 is 1.03 bits per heavy atom. The van der Waals surface area contributed by atoms with Crippen LogP contribution in [0.4, 0.5) is 0 Å². The van der Waals surface area contributed by atoms with E-state index in [0.29, 0.717) is 37.6 Å². The van der Waals surface area contributed by atoms with Crippen LogP contribution in [-0.4, -0.2) is 65.8 Å². The molecule has 2 fully saturated rings. The number of carbonyl (C=O) groups is 1. The van der Waals surface area contributed by atoms with Crippen LogP contribution in [-0.2, 0) is 10.0 Å². The van der Waals surface area contributed by atoms with Crippen LogP contribution >= 0.6 is 0 Å². The minimum absolute atomic E-state index is 0.123. The van der Waals surface area contributed by atoms with Crippen LogP contribution in [0.3, 0.4) is 0 Å². The number of rotatable bonds is 5. The molecule has 1 amide bonds. The van der Waals surface area contributed by atoms with E-state index >= 15 is 0 Å². The van der Waals surface area contributed by atoms with E-state index in [0.717, 1.165) is 25.7 Å². The molecular weight excluding hydrogens is 392 g/mol. The van der Waals surface area contributed by atoms with Gasteiger partial charge >= 0.3 is 0 Å². The van der Waals surface area contributed by atoms with E-state index in [-0.39, 0.29) is 16.9 Å². The number of ether oxygens (including phenoxy) is 1. The SMILES string of the molecule is O=C(c1ccc(S(=O)(=O)N2CCCC2)cc1)N1CCCC(Oc2cnccn2)C1. The van der Waals surface area contributed by atoms with Crippen molar-refractivity contribution in [2.75, 3.05) is 26.2 Å². The largest absolute Gasteiger partial charge is 0.471 e. The summed E-state index contributed by atoms with van der Waals surface area (Å²) >= 11 is 0. The summed E-state index contributed by atoms with van der Waals surface area (Å²) < 4.78 is 32.6. The first-order valence-corrected chi connectivity index (χ1v) is 11.3. The molecule has 154 valence electrons. The van der Waals surface area contributed by atoms with Gasteiger partial charge in [-0.1, -0.05) is 0 Å². The van der Waals surface area contributed by atoms with Crippen molar-refractivity contribution in [3.63, 3.8) is 0 Å². The summed E-state index contributed by atoms with van der Waals surface area (Å²) in [7, 11) is -3.47. The van der Waals surface area contributed by atoms with Gasteiger partial charge in [-0.2, -0.15) is 4.31 Å². The number of aromatic nitrogens is 2. The predicted octanol–water partition coefficient (Wildman–Crippen LogP) is 1.94. The van der Waals surface area contributed by atoms with Crippen LogP contribution in [0.15, 0.2) is 47.8 Å². The van der Waals surface area contributed by atoms with Crippen LogP contribution in [0, 0.1) is 0 Å². The molecule has 2 aromatic rings. The highest BCUT2D eigenvalue weighted by atomic mass is 32.2. The lowest BCUT2D eigenvalue weighted by Gasteiger charge is -2.32. The molecule has 29 heavy (non-hydrogen) atoms. The van der Waals surface area contributed by atoms with Crippen LogP contribution in [0.2, 0.25) is 0 Å². The first-order valence-electron chi connectivity index (χ1n) is 9.86. The van der Waals surface area contributed by atoms with Gasteiger partial charge in [0.15, 0.2) is 0 Å². The number of nitrogens with zero attached hydrogens (tertiary/aromatic N) is 4. The minimum atomic E-state index is -3.47. The van der Waals surface area contributed by atoms with E-state index in [1.165, 1.54) is 16.4 Å². The van der Waals surface area contributed by atoms with Gasteiger partial charge < -0.3 is 9.64 Å². The maximum absolute atomic E-state index is 12.9. The number of hydrogen-bond acceptors (Lipinski definition) is 6. The molecule has 3 heterocycles. The fraction of sp³-hybridized carbons (Fsp3) is 0.450. The third-order valence-corrected chi connectivity index (χ3v) is 7.21. The number of benzene rings is 1. The van der Waals surface area contributed by atoms with Crippen LogP contribution in [0.5, 0.6) is 5.88 Å². The fourth-order valence-electron chi connectivity index (χ4n) is 3.77. The number of amides is 1. The number of hydrogen-bond donors (Lipinski definition) is 0. The second kappa shape index (κ2) is 8.46. The Balaban J connectivity index is 1.42. The average molecular weight is 417 g/mol. The van der Waals surface area contributed by atoms with Crippen molar-refractivity contribution in [3.8, 4) is 5.88 Å². The van der Waals surface area contributed by atoms with Gasteiger partial charge in [-0.05, 0) is 49.9 Å². The highest BCUT2D eigenvalue weighted by Crippen LogP contribution is 2.22. The molecule has 1 unspecified atom stereocenters. The highest BCUT2D eigenvalue weighted by Gasteiger charge is 2.29. The molecule has 2 aliphatic heterocycles. The second-order valence-corrected chi connectivity index (χ2v) is 9.25. The second-order valence-electron chi connectivity index (χ2n) is 7.31. The van der Waals surface area contributed by atoms with Gasteiger partial charge in [-0.15, -0.1) is 0 Å². The van der Waals surface area contributed by atoms with Crippen LogP contribution in [0.25, 0.3) is 0 Å². The molecule has 9 heteroatoms. The zero-order valence-electron chi connectivity index (χ0n) is 16.1. The Morgan fingerprint density at radius 2 is 1.79 bits per heavy atom. The molecule has 1 aromatic carbocycles. The normalized spacial score (nSPS) is 20.6. The number of likely N-dealkylation sites (tertiary alicyclic amines) is 1. The topological polar surface area (TPSA) is 92.7 Å². The number of piperidine rings is 1. The molecule has 1 aromatic heterocycles. The Bertz CT molecular complexity index is 944. The zero-order chi connectivity index (χ0) is 20.3. The molecule has 1 atom stereocenters. The molecule has 0 bridgehead atoms. The molecule has 0 spiro atoms. The van der Waals surface area contributed by atoms with Crippen molar-refractivity contribution in [2.45, 2.75) is 36.7 Å². The van der Waals surface area contributed by atoms with Gasteiger partial charge in [0, 0.05) is 37.6 Å². The number of sulfonamides is 1. The Kier molecular flexibility index (Phi) is 5.77. The Labute approximate surface area is 170 Å². The molecule has 2 saturated heterocycles. The molecular formula is C20H24N4O4S. The summed E-state index contributed by atoms with van der Waals surface area (Å²) in [6, 6.07) is 6.24. The van der Waals surface area contributed by atoms with Crippen LogP contribution in [0.1, 0.15) is 36.0 Å². The van der Waals surface area contributed by atoms with E-state index in [4.69, 9.17) is 4.74 Å². The molecule has 8 nitrogen and oxygen atoms in total. The van der Waals surface area contributed by atoms with E-state index in [2.05, 4.69) is 9.97 Å². The molecule has 0 radical (unpaired) electrons. The van der Waals surface area contributed by atoms with Gasteiger partial charge in [-0.25, -0.2) is 13.4 Å². The highest BCUT2D eigenvalue weighted by molar-refractivity contribution is 7.89. The zero-order valence-corrected chi connectivity index (χ0v) is 16.9. The van der Waals surface area contributed by atoms with Crippen molar-refractivity contribution in [1.29, 1.82) is 0 Å². The maximum atomic E-state index is 12.9. The monoisotopic (exact) mass is 416 g/mol. The third-order valence-electron chi connectivity index (χ3n) is 5.30. The van der Waals surface area contributed by atoms with Gasteiger partial charge in [0.1, 0.15) is 6.10 Å².